The first-order valence-corrected chi connectivity index (χ1v) is 3.32. The largest absolute Gasteiger partial charge is 1.00 e. The molecule has 3 heteroatoms. The van der Waals surface area contributed by atoms with Crippen molar-refractivity contribution in [2.24, 2.45) is 0 Å². The van der Waals surface area contributed by atoms with Gasteiger partial charge in [-0.1, -0.05) is 12.1 Å². The quantitative estimate of drug-likeness (QED) is 0.408. The zero-order valence-corrected chi connectivity index (χ0v) is 10.6. The number of benzene rings is 1. The van der Waals surface area contributed by atoms with Gasteiger partial charge in [0.15, 0.2) is 6.20 Å². The summed E-state index contributed by atoms with van der Waals surface area (Å²) in [6.45, 7) is 0. The molecule has 64 valence electrons. The fourth-order valence-corrected chi connectivity index (χ4v) is 1.06. The Labute approximate surface area is 106 Å². The molecule has 1 N–H and O–H groups in total. The van der Waals surface area contributed by atoms with Crippen molar-refractivity contribution in [3.05, 3.63) is 42.6 Å². The molecule has 1 aromatic carbocycles. The Hall–Kier alpha value is 0.0900. The molecule has 2 rings (SSSR count). The van der Waals surface area contributed by atoms with Gasteiger partial charge in [0.25, 0.3) is 0 Å². The molecule has 0 aliphatic rings. The van der Waals surface area contributed by atoms with E-state index in [-0.39, 0.29) is 48.0 Å². The van der Waals surface area contributed by atoms with Crippen LogP contribution in [0.25, 0.3) is 10.9 Å². The van der Waals surface area contributed by atoms with Crippen LogP contribution in [0.4, 0.5) is 0 Å². The molecular formula is C9H8I2N-. The second-order valence-corrected chi connectivity index (χ2v) is 2.26. The molecule has 0 saturated carbocycles. The molecule has 2 aromatic rings. The highest BCUT2D eigenvalue weighted by molar-refractivity contribution is 5.74. The Morgan fingerprint density at radius 3 is 2.25 bits per heavy atom. The average Bonchev–Trinajstić information content (AvgIpc) is 2.05. The smallest absolute Gasteiger partial charge is 0.210 e. The van der Waals surface area contributed by atoms with E-state index in [1.54, 1.807) is 0 Å². The Balaban J connectivity index is 0.000000605. The lowest BCUT2D eigenvalue weighted by atomic mass is 10.2. The Morgan fingerprint density at radius 1 is 0.833 bits per heavy atom. The highest BCUT2D eigenvalue weighted by atomic mass is 127. The first-order valence-electron chi connectivity index (χ1n) is 3.32. The van der Waals surface area contributed by atoms with Crippen molar-refractivity contribution in [3.63, 3.8) is 0 Å². The molecule has 1 aromatic heterocycles. The van der Waals surface area contributed by atoms with E-state index < -0.39 is 0 Å². The number of hydrogen-bond donors (Lipinski definition) is 0. The maximum atomic E-state index is 3.15. The summed E-state index contributed by atoms with van der Waals surface area (Å²) in [4.78, 5) is 3.15. The van der Waals surface area contributed by atoms with Gasteiger partial charge in [-0.25, -0.2) is 4.98 Å². The van der Waals surface area contributed by atoms with Crippen molar-refractivity contribution in [3.8, 4) is 0 Å². The number of H-pyrrole nitrogens is 1. The summed E-state index contributed by atoms with van der Waals surface area (Å²) in [5.74, 6) is 0. The summed E-state index contributed by atoms with van der Waals surface area (Å²) in [5, 5.41) is 1.25. The molecule has 0 bridgehead atoms. The summed E-state index contributed by atoms with van der Waals surface area (Å²) < 4.78 is 0. The molecule has 1 heterocycles. The second kappa shape index (κ2) is 5.69. The third-order valence-corrected chi connectivity index (χ3v) is 1.57. The number of rotatable bonds is 0. The summed E-state index contributed by atoms with van der Waals surface area (Å²) in [7, 11) is 0. The Morgan fingerprint density at radius 2 is 1.50 bits per heavy atom. The number of halogens is 2. The van der Waals surface area contributed by atoms with Crippen LogP contribution < -0.4 is 52.9 Å². The van der Waals surface area contributed by atoms with E-state index in [1.807, 2.05) is 24.4 Å². The minimum atomic E-state index is 0. The SMILES string of the molecule is [I-].[I-].c1ccc2[nH+]cccc2c1. The van der Waals surface area contributed by atoms with Gasteiger partial charge in [0.2, 0.25) is 5.52 Å². The zero-order chi connectivity index (χ0) is 6.81. The van der Waals surface area contributed by atoms with E-state index in [1.165, 1.54) is 10.9 Å². The zero-order valence-electron chi connectivity index (χ0n) is 6.30. The average molecular weight is 384 g/mol. The van der Waals surface area contributed by atoms with Gasteiger partial charge < -0.3 is 48.0 Å². The summed E-state index contributed by atoms with van der Waals surface area (Å²) in [6.07, 6.45) is 1.93. The van der Waals surface area contributed by atoms with Crippen LogP contribution in [0.3, 0.4) is 0 Å². The first-order chi connectivity index (χ1) is 4.97. The van der Waals surface area contributed by atoms with Crippen molar-refractivity contribution in [1.29, 1.82) is 0 Å². The van der Waals surface area contributed by atoms with E-state index in [0.717, 1.165) is 0 Å². The number of aromatic amines is 1. The molecular weight excluding hydrogens is 376 g/mol. The lowest BCUT2D eigenvalue weighted by Gasteiger charge is -1.85. The van der Waals surface area contributed by atoms with E-state index in [9.17, 15) is 0 Å². The summed E-state index contributed by atoms with van der Waals surface area (Å²) in [5.41, 5.74) is 1.19. The van der Waals surface area contributed by atoms with Gasteiger partial charge in [-0.2, -0.15) is 0 Å². The number of hydrogen-bond acceptors (Lipinski definition) is 0. The Bertz CT molecular complexity index is 284. The lowest BCUT2D eigenvalue weighted by Crippen LogP contribution is -3.00. The molecule has 0 fully saturated rings. The standard InChI is InChI=1S/C9H7N.2HI/c1-2-6-9-8(4-1)5-3-7-10-9;;/h1-7H;2*1H/p-1. The molecule has 0 aliphatic heterocycles. The van der Waals surface area contributed by atoms with Crippen LogP contribution in [-0.2, 0) is 0 Å². The maximum absolute atomic E-state index is 3.15. The van der Waals surface area contributed by atoms with Gasteiger partial charge in [0.1, 0.15) is 0 Å². The topological polar surface area (TPSA) is 14.1 Å². The van der Waals surface area contributed by atoms with Crippen molar-refractivity contribution >= 4 is 10.9 Å². The van der Waals surface area contributed by atoms with E-state index in [0.29, 0.717) is 0 Å². The molecule has 1 nitrogen and oxygen atoms in total. The molecule has 0 spiro atoms. The summed E-state index contributed by atoms with van der Waals surface area (Å²) >= 11 is 0. The lowest BCUT2D eigenvalue weighted by molar-refractivity contribution is -0.344. The monoisotopic (exact) mass is 384 g/mol. The molecule has 0 amide bonds. The normalized spacial score (nSPS) is 8.33. The highest BCUT2D eigenvalue weighted by Gasteiger charge is 1.92. The number of aromatic nitrogens is 1. The van der Waals surface area contributed by atoms with E-state index >= 15 is 0 Å². The summed E-state index contributed by atoms with van der Waals surface area (Å²) in [6, 6.07) is 12.3. The minimum absolute atomic E-state index is 0. The van der Waals surface area contributed by atoms with Crippen LogP contribution in [0.15, 0.2) is 42.6 Å². The van der Waals surface area contributed by atoms with Gasteiger partial charge in [-0.3, -0.25) is 0 Å². The van der Waals surface area contributed by atoms with Crippen LogP contribution in [0, 0.1) is 0 Å². The van der Waals surface area contributed by atoms with Crippen LogP contribution in [-0.4, -0.2) is 0 Å². The third-order valence-electron chi connectivity index (χ3n) is 1.57. The predicted octanol–water partition coefficient (Wildman–Crippen LogP) is -4.34. The van der Waals surface area contributed by atoms with E-state index in [2.05, 4.69) is 23.2 Å². The molecule has 0 saturated heterocycles. The van der Waals surface area contributed by atoms with Crippen LogP contribution in [0.5, 0.6) is 0 Å². The number of nitrogens with one attached hydrogen (secondary N) is 1. The maximum Gasteiger partial charge on any atom is 0.210 e. The van der Waals surface area contributed by atoms with Gasteiger partial charge in [-0.15, -0.1) is 0 Å². The first kappa shape index (κ1) is 12.1. The molecule has 0 atom stereocenters. The van der Waals surface area contributed by atoms with Gasteiger partial charge in [0.05, 0.1) is 0 Å². The number of para-hydroxylation sites is 1. The van der Waals surface area contributed by atoms with Crippen molar-refractivity contribution < 1.29 is 52.9 Å². The Kier molecular flexibility index (Phi) is 5.73. The van der Waals surface area contributed by atoms with Crippen LogP contribution >= 0.6 is 0 Å². The molecule has 12 heavy (non-hydrogen) atoms. The number of pyridine rings is 1. The van der Waals surface area contributed by atoms with Gasteiger partial charge in [-0.05, 0) is 12.1 Å². The third kappa shape index (κ3) is 2.55. The predicted molar refractivity (Wildman–Crippen MR) is 40.5 cm³/mol. The second-order valence-electron chi connectivity index (χ2n) is 2.26. The molecule has 0 aliphatic carbocycles. The van der Waals surface area contributed by atoms with E-state index in [4.69, 9.17) is 0 Å². The molecule has 0 radical (unpaired) electrons. The van der Waals surface area contributed by atoms with Gasteiger partial charge >= 0.3 is 0 Å². The van der Waals surface area contributed by atoms with Crippen molar-refractivity contribution in [2.45, 2.75) is 0 Å². The fraction of sp³-hybridized carbons (Fsp3) is 0. The van der Waals surface area contributed by atoms with Crippen LogP contribution in [0.1, 0.15) is 0 Å². The van der Waals surface area contributed by atoms with Crippen molar-refractivity contribution in [1.82, 2.24) is 0 Å². The highest BCUT2D eigenvalue weighted by Crippen LogP contribution is 2.04. The molecule has 0 unspecified atom stereocenters. The fourth-order valence-electron chi connectivity index (χ4n) is 1.06. The van der Waals surface area contributed by atoms with Gasteiger partial charge in [0, 0.05) is 17.5 Å². The number of fused-ring (bicyclic) bond motifs is 1. The minimum Gasteiger partial charge on any atom is -1.00 e. The van der Waals surface area contributed by atoms with Crippen LogP contribution in [0.2, 0.25) is 0 Å². The van der Waals surface area contributed by atoms with Crippen molar-refractivity contribution in [2.75, 3.05) is 0 Å².